The molecule has 2 aromatic heterocycles. The molecule has 3 aromatic rings. The number of primary amides is 1. The van der Waals surface area contributed by atoms with Gasteiger partial charge in [0.15, 0.2) is 5.69 Å². The second-order valence-electron chi connectivity index (χ2n) is 5.03. The van der Waals surface area contributed by atoms with Gasteiger partial charge in [-0.2, -0.15) is 10.2 Å². The molecule has 104 valence electrons. The average molecular weight is 279 g/mol. The lowest BCUT2D eigenvalue weighted by Crippen LogP contribution is -2.12. The van der Waals surface area contributed by atoms with Gasteiger partial charge in [0.05, 0.1) is 22.9 Å². The van der Waals surface area contributed by atoms with E-state index in [9.17, 15) is 4.79 Å². The van der Waals surface area contributed by atoms with Gasteiger partial charge < -0.3 is 5.73 Å². The lowest BCUT2D eigenvalue weighted by molar-refractivity contribution is 0.0996. The van der Waals surface area contributed by atoms with Crippen LogP contribution in [-0.4, -0.2) is 25.9 Å². The van der Waals surface area contributed by atoms with E-state index in [2.05, 4.69) is 27.4 Å². The predicted molar refractivity (Wildman–Crippen MR) is 80.5 cm³/mol. The predicted octanol–water partition coefficient (Wildman–Crippen LogP) is 2.20. The maximum atomic E-state index is 11.7. The van der Waals surface area contributed by atoms with Crippen molar-refractivity contribution in [2.45, 2.75) is 12.8 Å². The molecule has 2 heterocycles. The monoisotopic (exact) mass is 279 g/mol. The van der Waals surface area contributed by atoms with Gasteiger partial charge in [0, 0.05) is 10.8 Å². The van der Waals surface area contributed by atoms with E-state index in [4.69, 9.17) is 5.73 Å². The molecule has 6 nitrogen and oxygen atoms in total. The number of hydrogen-bond acceptors (Lipinski definition) is 3. The number of amides is 1. The van der Waals surface area contributed by atoms with Crippen LogP contribution in [0.2, 0.25) is 0 Å². The standard InChI is InChI=1S/C15H13N5O/c16-15(21)13-10-6-7-12-11(8-17-18-12)14(10)20(19-13)9-4-2-1-3-5-9/h2,4-8H,1,3H2,(H2,16,21)(H,17,18). The summed E-state index contributed by atoms with van der Waals surface area (Å²) in [5.41, 5.74) is 8.46. The molecule has 0 atom stereocenters. The van der Waals surface area contributed by atoms with Gasteiger partial charge in [-0.1, -0.05) is 12.2 Å². The van der Waals surface area contributed by atoms with Crippen LogP contribution in [0.3, 0.4) is 0 Å². The molecule has 0 spiro atoms. The molecule has 1 aliphatic carbocycles. The fourth-order valence-electron chi connectivity index (χ4n) is 2.75. The molecule has 1 aliphatic rings. The smallest absolute Gasteiger partial charge is 0.269 e. The molecule has 0 fully saturated rings. The molecule has 1 aromatic carbocycles. The summed E-state index contributed by atoms with van der Waals surface area (Å²) in [5.74, 6) is -0.526. The van der Waals surface area contributed by atoms with Crippen LogP contribution in [0.1, 0.15) is 23.3 Å². The van der Waals surface area contributed by atoms with Crippen molar-refractivity contribution < 1.29 is 4.79 Å². The summed E-state index contributed by atoms with van der Waals surface area (Å²) in [6.45, 7) is 0. The molecular weight excluding hydrogens is 266 g/mol. The molecule has 0 bridgehead atoms. The highest BCUT2D eigenvalue weighted by molar-refractivity contribution is 6.13. The third kappa shape index (κ3) is 1.69. The van der Waals surface area contributed by atoms with E-state index in [1.165, 1.54) is 0 Å². The Bertz CT molecular complexity index is 928. The number of rotatable bonds is 2. The fourth-order valence-corrected chi connectivity index (χ4v) is 2.75. The summed E-state index contributed by atoms with van der Waals surface area (Å²) in [4.78, 5) is 11.7. The number of H-pyrrole nitrogens is 1. The Morgan fingerprint density at radius 3 is 2.95 bits per heavy atom. The van der Waals surface area contributed by atoms with E-state index >= 15 is 0 Å². The molecule has 0 saturated carbocycles. The minimum atomic E-state index is -0.526. The van der Waals surface area contributed by atoms with Crippen molar-refractivity contribution in [2.24, 2.45) is 5.73 Å². The Balaban J connectivity index is 2.13. The first kappa shape index (κ1) is 11.9. The summed E-state index contributed by atoms with van der Waals surface area (Å²) in [5, 5.41) is 13.1. The summed E-state index contributed by atoms with van der Waals surface area (Å²) in [7, 11) is 0. The summed E-state index contributed by atoms with van der Waals surface area (Å²) < 4.78 is 1.78. The number of nitrogens with zero attached hydrogens (tertiary/aromatic N) is 3. The number of carbonyl (C=O) groups excluding carboxylic acids is 1. The molecule has 0 saturated heterocycles. The van der Waals surface area contributed by atoms with Gasteiger partial charge in [-0.25, -0.2) is 4.68 Å². The van der Waals surface area contributed by atoms with Crippen LogP contribution >= 0.6 is 0 Å². The van der Waals surface area contributed by atoms with Crippen LogP contribution in [0.4, 0.5) is 0 Å². The molecule has 4 rings (SSSR count). The van der Waals surface area contributed by atoms with Gasteiger partial charge in [0.1, 0.15) is 0 Å². The highest BCUT2D eigenvalue weighted by Gasteiger charge is 2.19. The molecule has 0 unspecified atom stereocenters. The normalized spacial score (nSPS) is 14.8. The summed E-state index contributed by atoms with van der Waals surface area (Å²) in [6.07, 6.45) is 9.94. The lowest BCUT2D eigenvalue weighted by atomic mass is 10.1. The summed E-state index contributed by atoms with van der Waals surface area (Å²) >= 11 is 0. The van der Waals surface area contributed by atoms with Gasteiger partial charge in [-0.15, -0.1) is 0 Å². The molecule has 21 heavy (non-hydrogen) atoms. The molecule has 0 aliphatic heterocycles. The Hall–Kier alpha value is -2.89. The number of aromatic nitrogens is 4. The third-order valence-electron chi connectivity index (χ3n) is 3.72. The van der Waals surface area contributed by atoms with Crippen LogP contribution in [-0.2, 0) is 0 Å². The van der Waals surface area contributed by atoms with Crippen LogP contribution in [0.5, 0.6) is 0 Å². The van der Waals surface area contributed by atoms with Crippen LogP contribution in [0, 0.1) is 0 Å². The number of fused-ring (bicyclic) bond motifs is 3. The molecular formula is C15H13N5O. The van der Waals surface area contributed by atoms with Crippen LogP contribution in [0.15, 0.2) is 36.6 Å². The van der Waals surface area contributed by atoms with E-state index in [1.54, 1.807) is 10.9 Å². The van der Waals surface area contributed by atoms with E-state index in [0.717, 1.165) is 40.3 Å². The van der Waals surface area contributed by atoms with E-state index in [1.807, 2.05) is 18.2 Å². The van der Waals surface area contributed by atoms with Gasteiger partial charge in [0.2, 0.25) is 0 Å². The van der Waals surface area contributed by atoms with E-state index in [0.29, 0.717) is 0 Å². The van der Waals surface area contributed by atoms with E-state index in [-0.39, 0.29) is 5.69 Å². The van der Waals surface area contributed by atoms with Crippen molar-refractivity contribution in [1.82, 2.24) is 20.0 Å². The number of aromatic amines is 1. The zero-order valence-electron chi connectivity index (χ0n) is 11.2. The highest BCUT2D eigenvalue weighted by Crippen LogP contribution is 2.29. The molecule has 6 heteroatoms. The Kier molecular flexibility index (Phi) is 2.44. The van der Waals surface area contributed by atoms with Gasteiger partial charge in [0.25, 0.3) is 5.91 Å². The van der Waals surface area contributed by atoms with Gasteiger partial charge in [-0.3, -0.25) is 9.89 Å². The van der Waals surface area contributed by atoms with Crippen LogP contribution in [0.25, 0.3) is 27.5 Å². The highest BCUT2D eigenvalue weighted by atomic mass is 16.1. The third-order valence-corrected chi connectivity index (χ3v) is 3.72. The van der Waals surface area contributed by atoms with Crippen molar-refractivity contribution in [3.63, 3.8) is 0 Å². The number of nitrogens with one attached hydrogen (secondary N) is 1. The Labute approximate surface area is 119 Å². The first-order chi connectivity index (χ1) is 10.3. The zero-order chi connectivity index (χ0) is 14.4. The van der Waals surface area contributed by atoms with Crippen molar-refractivity contribution in [3.8, 4) is 0 Å². The summed E-state index contributed by atoms with van der Waals surface area (Å²) in [6, 6.07) is 3.74. The van der Waals surface area contributed by atoms with Crippen molar-refractivity contribution in [2.75, 3.05) is 0 Å². The second-order valence-corrected chi connectivity index (χ2v) is 5.03. The lowest BCUT2D eigenvalue weighted by Gasteiger charge is -2.08. The molecule has 3 N–H and O–H groups in total. The van der Waals surface area contributed by atoms with Crippen LogP contribution < -0.4 is 5.73 Å². The van der Waals surface area contributed by atoms with Gasteiger partial charge in [-0.05, 0) is 31.1 Å². The number of allylic oxidation sites excluding steroid dienone is 4. The van der Waals surface area contributed by atoms with E-state index < -0.39 is 5.91 Å². The quantitative estimate of drug-likeness (QED) is 0.753. The minimum Gasteiger partial charge on any atom is -0.364 e. The molecule has 0 radical (unpaired) electrons. The first-order valence-electron chi connectivity index (χ1n) is 6.77. The topological polar surface area (TPSA) is 89.6 Å². The van der Waals surface area contributed by atoms with Crippen molar-refractivity contribution >= 4 is 33.4 Å². The largest absolute Gasteiger partial charge is 0.364 e. The van der Waals surface area contributed by atoms with Crippen molar-refractivity contribution in [3.05, 3.63) is 42.3 Å². The SMILES string of the molecule is NC(=O)c1nn(C2=CCCC=C2)c2c1ccc1[nH]ncc12. The number of hydrogen-bond donors (Lipinski definition) is 2. The fraction of sp³-hybridized carbons (Fsp3) is 0.133. The second kappa shape index (κ2) is 4.31. The zero-order valence-corrected chi connectivity index (χ0v) is 11.2. The maximum Gasteiger partial charge on any atom is 0.269 e. The number of nitrogens with two attached hydrogens (primary N) is 1. The Morgan fingerprint density at radius 1 is 1.29 bits per heavy atom. The minimum absolute atomic E-state index is 0.285. The average Bonchev–Trinajstić information content (AvgIpc) is 3.11. The number of carbonyl (C=O) groups is 1. The van der Waals surface area contributed by atoms with Crippen molar-refractivity contribution in [1.29, 1.82) is 0 Å². The molecule has 1 amide bonds. The Morgan fingerprint density at radius 2 is 2.19 bits per heavy atom. The first-order valence-corrected chi connectivity index (χ1v) is 6.77. The number of benzene rings is 1. The maximum absolute atomic E-state index is 11.7. The van der Waals surface area contributed by atoms with Gasteiger partial charge >= 0.3 is 0 Å².